The Morgan fingerprint density at radius 2 is 2.09 bits per heavy atom. The normalized spacial score (nSPS) is 10.3. The molecule has 122 valence electrons. The highest BCUT2D eigenvalue weighted by molar-refractivity contribution is 7.09. The van der Waals surface area contributed by atoms with Crippen LogP contribution in [0.15, 0.2) is 41.8 Å². The minimum Gasteiger partial charge on any atom is -0.379 e. The third kappa shape index (κ3) is 4.79. The average molecular weight is 333 g/mol. The summed E-state index contributed by atoms with van der Waals surface area (Å²) < 4.78 is 0. The van der Waals surface area contributed by atoms with Crippen LogP contribution in [0.3, 0.4) is 0 Å². The van der Waals surface area contributed by atoms with Gasteiger partial charge in [0.2, 0.25) is 5.91 Å². The number of anilines is 1. The van der Waals surface area contributed by atoms with Crippen molar-refractivity contribution >= 4 is 28.6 Å². The third-order valence-electron chi connectivity index (χ3n) is 3.42. The topological polar surface area (TPSA) is 75.5 Å². The van der Waals surface area contributed by atoms with Gasteiger partial charge >= 0.3 is 0 Å². The fourth-order valence-corrected chi connectivity index (χ4v) is 2.93. The SMILES string of the molecule is CCN(Cc1cccs1)C(=O)CCNc1ccccc1[N+](=O)[O-]. The molecule has 0 atom stereocenters. The first-order valence-corrected chi connectivity index (χ1v) is 8.27. The molecule has 1 amide bonds. The van der Waals surface area contributed by atoms with Crippen LogP contribution >= 0.6 is 11.3 Å². The van der Waals surface area contributed by atoms with Gasteiger partial charge in [-0.1, -0.05) is 18.2 Å². The molecule has 1 aromatic carbocycles. The van der Waals surface area contributed by atoms with Gasteiger partial charge in [-0.15, -0.1) is 11.3 Å². The number of hydrogen-bond donors (Lipinski definition) is 1. The van der Waals surface area contributed by atoms with Gasteiger partial charge in [-0.25, -0.2) is 0 Å². The molecule has 0 unspecified atom stereocenters. The maximum Gasteiger partial charge on any atom is 0.292 e. The second-order valence-corrected chi connectivity index (χ2v) is 5.97. The lowest BCUT2D eigenvalue weighted by molar-refractivity contribution is -0.384. The molecule has 0 bridgehead atoms. The number of nitro benzene ring substituents is 1. The van der Waals surface area contributed by atoms with Crippen LogP contribution in [0.1, 0.15) is 18.2 Å². The van der Waals surface area contributed by atoms with Crippen molar-refractivity contribution in [2.24, 2.45) is 0 Å². The number of hydrogen-bond acceptors (Lipinski definition) is 5. The summed E-state index contributed by atoms with van der Waals surface area (Å²) in [6.07, 6.45) is 0.297. The third-order valence-corrected chi connectivity index (χ3v) is 4.28. The molecule has 1 aromatic heterocycles. The number of benzene rings is 1. The van der Waals surface area contributed by atoms with Gasteiger partial charge in [0.15, 0.2) is 0 Å². The number of para-hydroxylation sites is 2. The highest BCUT2D eigenvalue weighted by Crippen LogP contribution is 2.23. The number of thiophene rings is 1. The van der Waals surface area contributed by atoms with Crippen LogP contribution in [-0.2, 0) is 11.3 Å². The minimum atomic E-state index is -0.431. The Morgan fingerprint density at radius 3 is 2.74 bits per heavy atom. The molecule has 23 heavy (non-hydrogen) atoms. The molecule has 2 aromatic rings. The maximum absolute atomic E-state index is 12.3. The molecule has 7 heteroatoms. The van der Waals surface area contributed by atoms with Crippen LogP contribution in [0, 0.1) is 10.1 Å². The first-order valence-electron chi connectivity index (χ1n) is 7.39. The van der Waals surface area contributed by atoms with Crippen molar-refractivity contribution in [1.82, 2.24) is 4.90 Å². The largest absolute Gasteiger partial charge is 0.379 e. The summed E-state index contributed by atoms with van der Waals surface area (Å²) in [6, 6.07) is 10.4. The van der Waals surface area contributed by atoms with Gasteiger partial charge in [0.1, 0.15) is 5.69 Å². The van der Waals surface area contributed by atoms with Crippen LogP contribution < -0.4 is 5.32 Å². The molecular formula is C16H19N3O3S. The number of nitro groups is 1. The number of amides is 1. The number of carbonyl (C=O) groups is 1. The molecule has 0 saturated heterocycles. The second kappa shape index (κ2) is 8.28. The Labute approximate surface area is 138 Å². The van der Waals surface area contributed by atoms with Gasteiger partial charge in [-0.2, -0.15) is 0 Å². The van der Waals surface area contributed by atoms with E-state index in [1.165, 1.54) is 6.07 Å². The second-order valence-electron chi connectivity index (χ2n) is 4.94. The molecule has 0 radical (unpaired) electrons. The molecule has 6 nitrogen and oxygen atoms in total. The van der Waals surface area contributed by atoms with E-state index in [-0.39, 0.29) is 11.6 Å². The first-order chi connectivity index (χ1) is 11.1. The molecule has 0 saturated carbocycles. The fraction of sp³-hybridized carbons (Fsp3) is 0.312. The Bertz CT molecular complexity index is 658. The monoisotopic (exact) mass is 333 g/mol. The zero-order chi connectivity index (χ0) is 16.7. The molecule has 0 aliphatic heterocycles. The van der Waals surface area contributed by atoms with E-state index in [0.29, 0.717) is 31.7 Å². The summed E-state index contributed by atoms with van der Waals surface area (Å²) >= 11 is 1.63. The number of nitrogens with one attached hydrogen (secondary N) is 1. The Kier molecular flexibility index (Phi) is 6.10. The lowest BCUT2D eigenvalue weighted by Crippen LogP contribution is -2.31. The van der Waals surface area contributed by atoms with Crippen molar-refractivity contribution in [2.45, 2.75) is 19.9 Å². The highest BCUT2D eigenvalue weighted by atomic mass is 32.1. The Balaban J connectivity index is 1.87. The van der Waals surface area contributed by atoms with Crippen molar-refractivity contribution in [3.05, 3.63) is 56.8 Å². The Morgan fingerprint density at radius 1 is 1.30 bits per heavy atom. The molecular weight excluding hydrogens is 314 g/mol. The minimum absolute atomic E-state index is 0.0193. The standard InChI is InChI=1S/C16H19N3O3S/c1-2-18(12-13-6-5-11-23-13)16(20)9-10-17-14-7-3-4-8-15(14)19(21)22/h3-8,11,17H,2,9-10,12H2,1H3. The van der Waals surface area contributed by atoms with E-state index >= 15 is 0 Å². The van der Waals surface area contributed by atoms with E-state index in [1.807, 2.05) is 24.4 Å². The quantitative estimate of drug-likeness (QED) is 0.592. The van der Waals surface area contributed by atoms with Crippen molar-refractivity contribution in [2.75, 3.05) is 18.4 Å². The van der Waals surface area contributed by atoms with E-state index in [1.54, 1.807) is 34.4 Å². The zero-order valence-corrected chi connectivity index (χ0v) is 13.7. The summed E-state index contributed by atoms with van der Waals surface area (Å²) in [7, 11) is 0. The van der Waals surface area contributed by atoms with E-state index in [9.17, 15) is 14.9 Å². The molecule has 0 fully saturated rings. The van der Waals surface area contributed by atoms with Gasteiger partial charge in [-0.05, 0) is 24.4 Å². The highest BCUT2D eigenvalue weighted by Gasteiger charge is 2.15. The molecule has 2 rings (SSSR count). The van der Waals surface area contributed by atoms with Crippen molar-refractivity contribution in [3.8, 4) is 0 Å². The van der Waals surface area contributed by atoms with Crippen LogP contribution in [0.4, 0.5) is 11.4 Å². The number of rotatable bonds is 8. The summed E-state index contributed by atoms with van der Waals surface area (Å²) in [5.74, 6) is 0.0342. The van der Waals surface area contributed by atoms with E-state index in [2.05, 4.69) is 5.32 Å². The molecule has 0 spiro atoms. The van der Waals surface area contributed by atoms with Crippen LogP contribution in [0.25, 0.3) is 0 Å². The van der Waals surface area contributed by atoms with Crippen molar-refractivity contribution in [3.63, 3.8) is 0 Å². The van der Waals surface area contributed by atoms with Crippen LogP contribution in [0.2, 0.25) is 0 Å². The molecule has 0 aliphatic rings. The van der Waals surface area contributed by atoms with E-state index in [0.717, 1.165) is 4.88 Å². The predicted molar refractivity (Wildman–Crippen MR) is 91.6 cm³/mol. The maximum atomic E-state index is 12.3. The predicted octanol–water partition coefficient (Wildman–Crippen LogP) is 3.51. The summed E-state index contributed by atoms with van der Waals surface area (Å²) in [5.41, 5.74) is 0.456. The molecule has 1 heterocycles. The smallest absolute Gasteiger partial charge is 0.292 e. The lowest BCUT2D eigenvalue weighted by Gasteiger charge is -2.20. The first kappa shape index (κ1) is 17.0. The zero-order valence-electron chi connectivity index (χ0n) is 12.9. The van der Waals surface area contributed by atoms with Crippen molar-refractivity contribution < 1.29 is 9.72 Å². The average Bonchev–Trinajstić information content (AvgIpc) is 3.05. The summed E-state index contributed by atoms with van der Waals surface area (Å²) in [4.78, 5) is 25.7. The summed E-state index contributed by atoms with van der Waals surface area (Å²) in [6.45, 7) is 3.56. The molecule has 1 N–H and O–H groups in total. The van der Waals surface area contributed by atoms with Gasteiger partial charge in [0.05, 0.1) is 11.5 Å². The fourth-order valence-electron chi connectivity index (χ4n) is 2.21. The van der Waals surface area contributed by atoms with Gasteiger partial charge in [0.25, 0.3) is 5.69 Å². The van der Waals surface area contributed by atoms with E-state index in [4.69, 9.17) is 0 Å². The number of carbonyl (C=O) groups excluding carboxylic acids is 1. The van der Waals surface area contributed by atoms with Gasteiger partial charge in [0, 0.05) is 30.5 Å². The van der Waals surface area contributed by atoms with Gasteiger partial charge in [-0.3, -0.25) is 14.9 Å². The van der Waals surface area contributed by atoms with Crippen LogP contribution in [-0.4, -0.2) is 28.8 Å². The molecule has 0 aliphatic carbocycles. The van der Waals surface area contributed by atoms with E-state index < -0.39 is 4.92 Å². The van der Waals surface area contributed by atoms with Crippen molar-refractivity contribution in [1.29, 1.82) is 0 Å². The summed E-state index contributed by atoms with van der Waals surface area (Å²) in [5, 5.41) is 15.9. The Hall–Kier alpha value is -2.41. The number of nitrogens with zero attached hydrogens (tertiary/aromatic N) is 2. The van der Waals surface area contributed by atoms with Gasteiger partial charge < -0.3 is 10.2 Å². The lowest BCUT2D eigenvalue weighted by atomic mass is 10.2. The van der Waals surface area contributed by atoms with Crippen LogP contribution in [0.5, 0.6) is 0 Å².